The number of benzene rings is 1. The molecule has 1 heterocycles. The molecular formula is C13H16O3. The Morgan fingerprint density at radius 1 is 1.31 bits per heavy atom. The molecule has 0 spiro atoms. The molecule has 0 saturated carbocycles. The minimum Gasteiger partial charge on any atom is -0.436 e. The van der Waals surface area contributed by atoms with Crippen molar-refractivity contribution in [1.82, 2.24) is 0 Å². The zero-order chi connectivity index (χ0) is 11.4. The van der Waals surface area contributed by atoms with Crippen LogP contribution in [0.15, 0.2) is 30.3 Å². The number of hydrogen-bond donors (Lipinski definition) is 0. The summed E-state index contributed by atoms with van der Waals surface area (Å²) in [6, 6.07) is 10.1. The molecule has 0 amide bonds. The summed E-state index contributed by atoms with van der Waals surface area (Å²) in [6.07, 6.45) is 1.55. The van der Waals surface area contributed by atoms with Gasteiger partial charge in [-0.15, -0.1) is 0 Å². The lowest BCUT2D eigenvalue weighted by Gasteiger charge is -2.27. The van der Waals surface area contributed by atoms with Crippen molar-refractivity contribution in [3.8, 4) is 0 Å². The van der Waals surface area contributed by atoms with Crippen LogP contribution in [0.4, 0.5) is 0 Å². The molecular weight excluding hydrogens is 204 g/mol. The second kappa shape index (κ2) is 5.12. The standard InChI is InChI=1S/C13H16O3/c1-10-9-12(14)16-13(15-10)8-7-11-5-3-2-4-6-11/h2-6,10,13H,7-9H2,1H3/t10-,13-/m1/s1. The Kier molecular flexibility index (Phi) is 3.57. The maximum absolute atomic E-state index is 11.2. The lowest BCUT2D eigenvalue weighted by molar-refractivity contribution is -0.213. The SMILES string of the molecule is C[C@@H]1CC(=O)O[C@H](CCc2ccccc2)O1. The van der Waals surface area contributed by atoms with Gasteiger partial charge in [0.15, 0.2) is 0 Å². The molecule has 86 valence electrons. The van der Waals surface area contributed by atoms with Gasteiger partial charge < -0.3 is 9.47 Å². The van der Waals surface area contributed by atoms with Crippen molar-refractivity contribution in [2.45, 2.75) is 38.6 Å². The smallest absolute Gasteiger partial charge is 0.310 e. The lowest BCUT2D eigenvalue weighted by Crippen LogP contribution is -2.34. The van der Waals surface area contributed by atoms with E-state index in [1.807, 2.05) is 25.1 Å². The third kappa shape index (κ3) is 3.07. The van der Waals surface area contributed by atoms with E-state index in [-0.39, 0.29) is 18.4 Å². The van der Waals surface area contributed by atoms with Crippen molar-refractivity contribution < 1.29 is 14.3 Å². The van der Waals surface area contributed by atoms with Crippen LogP contribution in [0.3, 0.4) is 0 Å². The van der Waals surface area contributed by atoms with Gasteiger partial charge in [0.25, 0.3) is 0 Å². The highest BCUT2D eigenvalue weighted by Gasteiger charge is 2.25. The summed E-state index contributed by atoms with van der Waals surface area (Å²) in [7, 11) is 0. The monoisotopic (exact) mass is 220 g/mol. The molecule has 3 nitrogen and oxygen atoms in total. The van der Waals surface area contributed by atoms with E-state index >= 15 is 0 Å². The predicted molar refractivity (Wildman–Crippen MR) is 59.8 cm³/mol. The first-order chi connectivity index (χ1) is 7.74. The predicted octanol–water partition coefficient (Wildman–Crippen LogP) is 2.30. The highest BCUT2D eigenvalue weighted by atomic mass is 16.7. The maximum Gasteiger partial charge on any atom is 0.310 e. The van der Waals surface area contributed by atoms with Gasteiger partial charge in [0.05, 0.1) is 12.5 Å². The zero-order valence-corrected chi connectivity index (χ0v) is 9.39. The molecule has 2 rings (SSSR count). The van der Waals surface area contributed by atoms with E-state index in [4.69, 9.17) is 9.47 Å². The summed E-state index contributed by atoms with van der Waals surface area (Å²) in [5.74, 6) is -0.156. The Bertz CT molecular complexity index is 347. The van der Waals surface area contributed by atoms with E-state index in [2.05, 4.69) is 12.1 Å². The van der Waals surface area contributed by atoms with Crippen LogP contribution in [0.5, 0.6) is 0 Å². The van der Waals surface area contributed by atoms with E-state index in [0.717, 1.165) is 12.8 Å². The number of rotatable bonds is 3. The summed E-state index contributed by atoms with van der Waals surface area (Å²) in [6.45, 7) is 1.90. The van der Waals surface area contributed by atoms with Crippen molar-refractivity contribution in [2.24, 2.45) is 0 Å². The molecule has 2 atom stereocenters. The van der Waals surface area contributed by atoms with Gasteiger partial charge in [0.2, 0.25) is 6.29 Å². The first-order valence-corrected chi connectivity index (χ1v) is 5.63. The lowest BCUT2D eigenvalue weighted by atomic mass is 10.1. The van der Waals surface area contributed by atoms with Gasteiger partial charge in [0, 0.05) is 6.42 Å². The van der Waals surface area contributed by atoms with E-state index < -0.39 is 0 Å². The number of ether oxygens (including phenoxy) is 2. The normalized spacial score (nSPS) is 25.2. The number of esters is 1. The fraction of sp³-hybridized carbons (Fsp3) is 0.462. The Balaban J connectivity index is 1.84. The quantitative estimate of drug-likeness (QED) is 0.733. The molecule has 0 unspecified atom stereocenters. The molecule has 1 fully saturated rings. The number of aryl methyl sites for hydroxylation is 1. The average Bonchev–Trinajstić information content (AvgIpc) is 2.27. The average molecular weight is 220 g/mol. The fourth-order valence-corrected chi connectivity index (χ4v) is 1.82. The summed E-state index contributed by atoms with van der Waals surface area (Å²) < 4.78 is 10.7. The largest absolute Gasteiger partial charge is 0.436 e. The van der Waals surface area contributed by atoms with Crippen LogP contribution in [-0.2, 0) is 20.7 Å². The molecule has 16 heavy (non-hydrogen) atoms. The van der Waals surface area contributed by atoms with Gasteiger partial charge in [-0.05, 0) is 18.9 Å². The molecule has 0 aromatic heterocycles. The summed E-state index contributed by atoms with van der Waals surface area (Å²) in [5.41, 5.74) is 1.24. The Labute approximate surface area is 95.4 Å². The molecule has 1 aliphatic heterocycles. The fourth-order valence-electron chi connectivity index (χ4n) is 1.82. The van der Waals surface area contributed by atoms with Gasteiger partial charge in [-0.1, -0.05) is 30.3 Å². The van der Waals surface area contributed by atoms with Crippen LogP contribution in [0.1, 0.15) is 25.3 Å². The maximum atomic E-state index is 11.2. The topological polar surface area (TPSA) is 35.5 Å². The van der Waals surface area contributed by atoms with Crippen molar-refractivity contribution in [2.75, 3.05) is 0 Å². The van der Waals surface area contributed by atoms with Gasteiger partial charge in [-0.3, -0.25) is 4.79 Å². The third-order valence-electron chi connectivity index (χ3n) is 2.61. The molecule has 3 heteroatoms. The minimum absolute atomic E-state index is 0.0259. The number of cyclic esters (lactones) is 1. The number of carbonyl (C=O) groups excluding carboxylic acids is 1. The van der Waals surface area contributed by atoms with Crippen molar-refractivity contribution in [3.63, 3.8) is 0 Å². The second-order valence-corrected chi connectivity index (χ2v) is 4.09. The highest BCUT2D eigenvalue weighted by molar-refractivity contribution is 5.70. The summed E-state index contributed by atoms with van der Waals surface area (Å²) in [5, 5.41) is 0. The Morgan fingerprint density at radius 3 is 2.75 bits per heavy atom. The summed E-state index contributed by atoms with van der Waals surface area (Å²) in [4.78, 5) is 11.2. The Morgan fingerprint density at radius 2 is 2.06 bits per heavy atom. The zero-order valence-electron chi connectivity index (χ0n) is 9.39. The van der Waals surface area contributed by atoms with Crippen LogP contribution in [0, 0.1) is 0 Å². The van der Waals surface area contributed by atoms with Crippen LogP contribution in [-0.4, -0.2) is 18.4 Å². The van der Waals surface area contributed by atoms with Crippen LogP contribution in [0.25, 0.3) is 0 Å². The first kappa shape index (κ1) is 11.1. The molecule has 1 aliphatic rings. The molecule has 1 aromatic rings. The van der Waals surface area contributed by atoms with Crippen molar-refractivity contribution >= 4 is 5.97 Å². The molecule has 1 aromatic carbocycles. The summed E-state index contributed by atoms with van der Waals surface area (Å²) >= 11 is 0. The van der Waals surface area contributed by atoms with E-state index in [1.54, 1.807) is 0 Å². The highest BCUT2D eigenvalue weighted by Crippen LogP contribution is 2.17. The minimum atomic E-state index is -0.378. The molecule has 0 aliphatic carbocycles. The van der Waals surface area contributed by atoms with E-state index in [9.17, 15) is 4.79 Å². The van der Waals surface area contributed by atoms with E-state index in [0.29, 0.717) is 6.42 Å². The number of carbonyl (C=O) groups is 1. The molecule has 0 radical (unpaired) electrons. The van der Waals surface area contributed by atoms with Gasteiger partial charge in [-0.25, -0.2) is 0 Å². The van der Waals surface area contributed by atoms with Crippen LogP contribution in [0.2, 0.25) is 0 Å². The second-order valence-electron chi connectivity index (χ2n) is 4.09. The van der Waals surface area contributed by atoms with Crippen LogP contribution < -0.4 is 0 Å². The first-order valence-electron chi connectivity index (χ1n) is 5.63. The van der Waals surface area contributed by atoms with Gasteiger partial charge >= 0.3 is 5.97 Å². The molecule has 0 bridgehead atoms. The van der Waals surface area contributed by atoms with Crippen LogP contribution >= 0.6 is 0 Å². The number of hydrogen-bond acceptors (Lipinski definition) is 3. The Hall–Kier alpha value is -1.35. The van der Waals surface area contributed by atoms with Gasteiger partial charge in [0.1, 0.15) is 0 Å². The molecule has 1 saturated heterocycles. The van der Waals surface area contributed by atoms with Gasteiger partial charge in [-0.2, -0.15) is 0 Å². The van der Waals surface area contributed by atoms with Crippen molar-refractivity contribution in [1.29, 1.82) is 0 Å². The van der Waals surface area contributed by atoms with E-state index in [1.165, 1.54) is 5.56 Å². The third-order valence-corrected chi connectivity index (χ3v) is 2.61. The van der Waals surface area contributed by atoms with Crippen molar-refractivity contribution in [3.05, 3.63) is 35.9 Å². The molecule has 0 N–H and O–H groups in total.